The molecule has 0 aliphatic rings. The fourth-order valence-electron chi connectivity index (χ4n) is 2.25. The van der Waals surface area contributed by atoms with Crippen LogP contribution in [0.5, 0.6) is 0 Å². The summed E-state index contributed by atoms with van der Waals surface area (Å²) in [5.41, 5.74) is 0.0744. The Labute approximate surface area is 105 Å². The summed E-state index contributed by atoms with van der Waals surface area (Å²) >= 11 is 0. The van der Waals surface area contributed by atoms with Crippen molar-refractivity contribution in [3.05, 3.63) is 39.3 Å². The van der Waals surface area contributed by atoms with E-state index in [0.29, 0.717) is 10.9 Å². The predicted molar refractivity (Wildman–Crippen MR) is 70.9 cm³/mol. The van der Waals surface area contributed by atoms with Crippen molar-refractivity contribution < 1.29 is 0 Å². The molecule has 2 aromatic rings. The number of aryl methyl sites for hydroxylation is 1. The van der Waals surface area contributed by atoms with Crippen LogP contribution in [0, 0.1) is 0 Å². The lowest BCUT2D eigenvalue weighted by Gasteiger charge is -2.15. The van der Waals surface area contributed by atoms with Crippen LogP contribution < -0.4 is 11.2 Å². The molecule has 96 valence electrons. The number of nitrogens with zero attached hydrogens (tertiary/aromatic N) is 3. The van der Waals surface area contributed by atoms with Crippen LogP contribution in [0.1, 0.15) is 32.7 Å². The number of pyridine rings is 1. The highest BCUT2D eigenvalue weighted by Gasteiger charge is 2.14. The number of rotatable bonds is 3. The molecule has 0 bridgehead atoms. The van der Waals surface area contributed by atoms with Gasteiger partial charge in [-0.15, -0.1) is 0 Å². The molecule has 0 saturated carbocycles. The van der Waals surface area contributed by atoms with Gasteiger partial charge in [-0.2, -0.15) is 0 Å². The molecule has 2 heterocycles. The molecule has 18 heavy (non-hydrogen) atoms. The second-order valence-corrected chi connectivity index (χ2v) is 4.55. The Bertz CT molecular complexity index is 685. The third kappa shape index (κ3) is 1.85. The van der Waals surface area contributed by atoms with E-state index in [1.807, 2.05) is 13.8 Å². The topological polar surface area (TPSA) is 56.9 Å². The first-order valence-corrected chi connectivity index (χ1v) is 6.13. The van der Waals surface area contributed by atoms with E-state index in [-0.39, 0.29) is 17.3 Å². The van der Waals surface area contributed by atoms with Crippen LogP contribution in [-0.2, 0) is 7.05 Å². The molecular formula is C13H17N3O2. The molecule has 0 spiro atoms. The zero-order chi connectivity index (χ0) is 13.3. The Morgan fingerprint density at radius 2 is 2.11 bits per heavy atom. The molecule has 1 atom stereocenters. The molecule has 0 N–H and O–H groups in total. The highest BCUT2D eigenvalue weighted by Crippen LogP contribution is 2.10. The molecule has 0 saturated heterocycles. The number of hydrogen-bond donors (Lipinski definition) is 0. The molecule has 1 unspecified atom stereocenters. The fraction of sp³-hybridized carbons (Fsp3) is 0.462. The minimum absolute atomic E-state index is 0.0845. The van der Waals surface area contributed by atoms with Crippen molar-refractivity contribution in [2.75, 3.05) is 0 Å². The Balaban J connectivity index is 2.83. The quantitative estimate of drug-likeness (QED) is 0.825. The lowest BCUT2D eigenvalue weighted by Crippen LogP contribution is -2.40. The van der Waals surface area contributed by atoms with Gasteiger partial charge >= 0.3 is 5.69 Å². The van der Waals surface area contributed by atoms with Crippen LogP contribution in [0.4, 0.5) is 0 Å². The summed E-state index contributed by atoms with van der Waals surface area (Å²) in [4.78, 5) is 28.5. The maximum absolute atomic E-state index is 12.3. The van der Waals surface area contributed by atoms with Gasteiger partial charge in [0.25, 0.3) is 5.56 Å². The second kappa shape index (κ2) is 4.76. The van der Waals surface area contributed by atoms with Crippen molar-refractivity contribution in [3.8, 4) is 0 Å². The van der Waals surface area contributed by atoms with Crippen LogP contribution in [0.2, 0.25) is 0 Å². The Hall–Kier alpha value is -1.91. The molecule has 2 aromatic heterocycles. The van der Waals surface area contributed by atoms with E-state index in [0.717, 1.165) is 12.8 Å². The molecule has 0 amide bonds. The summed E-state index contributed by atoms with van der Waals surface area (Å²) in [6.45, 7) is 3.94. The molecule has 0 aliphatic heterocycles. The normalized spacial score (nSPS) is 12.8. The zero-order valence-corrected chi connectivity index (χ0v) is 10.9. The van der Waals surface area contributed by atoms with Crippen LogP contribution in [-0.4, -0.2) is 14.1 Å². The maximum atomic E-state index is 12.3. The molecule has 5 heteroatoms. The molecule has 0 aliphatic carbocycles. The van der Waals surface area contributed by atoms with Crippen LogP contribution in [0.15, 0.2) is 28.0 Å². The third-order valence-electron chi connectivity index (χ3n) is 3.25. The van der Waals surface area contributed by atoms with Crippen molar-refractivity contribution in [1.82, 2.24) is 14.1 Å². The van der Waals surface area contributed by atoms with Crippen molar-refractivity contribution >= 4 is 10.9 Å². The summed E-state index contributed by atoms with van der Waals surface area (Å²) in [7, 11) is 1.67. The highest BCUT2D eigenvalue weighted by atomic mass is 16.2. The van der Waals surface area contributed by atoms with E-state index in [9.17, 15) is 9.59 Å². The van der Waals surface area contributed by atoms with Gasteiger partial charge in [-0.1, -0.05) is 13.3 Å². The first-order chi connectivity index (χ1) is 8.57. The Morgan fingerprint density at radius 3 is 2.78 bits per heavy atom. The molecule has 0 aromatic carbocycles. The van der Waals surface area contributed by atoms with Gasteiger partial charge < -0.3 is 0 Å². The lowest BCUT2D eigenvalue weighted by molar-refractivity contribution is 0.458. The number of aromatic nitrogens is 3. The second-order valence-electron chi connectivity index (χ2n) is 4.55. The SMILES string of the molecule is CCCC(C)n1c(=O)c2ccncc2n(C)c1=O. The van der Waals surface area contributed by atoms with Crippen molar-refractivity contribution in [2.24, 2.45) is 7.05 Å². The van der Waals surface area contributed by atoms with E-state index in [4.69, 9.17) is 0 Å². The largest absolute Gasteiger partial charge is 0.331 e. The van der Waals surface area contributed by atoms with Gasteiger partial charge in [0.1, 0.15) is 0 Å². The van der Waals surface area contributed by atoms with E-state index in [1.54, 1.807) is 25.5 Å². The molecular weight excluding hydrogens is 230 g/mol. The van der Waals surface area contributed by atoms with Crippen LogP contribution in [0.25, 0.3) is 10.9 Å². The summed E-state index contributed by atoms with van der Waals surface area (Å²) in [5.74, 6) is 0. The Morgan fingerprint density at radius 1 is 1.39 bits per heavy atom. The number of fused-ring (bicyclic) bond motifs is 1. The van der Waals surface area contributed by atoms with Gasteiger partial charge in [-0.05, 0) is 19.4 Å². The summed E-state index contributed by atoms with van der Waals surface area (Å²) < 4.78 is 2.82. The summed E-state index contributed by atoms with van der Waals surface area (Å²) in [6.07, 6.45) is 4.87. The van der Waals surface area contributed by atoms with Crippen LogP contribution in [0.3, 0.4) is 0 Å². The van der Waals surface area contributed by atoms with Gasteiger partial charge in [-0.3, -0.25) is 18.9 Å². The fourth-order valence-corrected chi connectivity index (χ4v) is 2.25. The van der Waals surface area contributed by atoms with Crippen molar-refractivity contribution in [1.29, 1.82) is 0 Å². The average molecular weight is 247 g/mol. The van der Waals surface area contributed by atoms with Gasteiger partial charge in [0.15, 0.2) is 0 Å². The van der Waals surface area contributed by atoms with Crippen LogP contribution >= 0.6 is 0 Å². The van der Waals surface area contributed by atoms with E-state index >= 15 is 0 Å². The maximum Gasteiger partial charge on any atom is 0.331 e. The predicted octanol–water partition coefficient (Wildman–Crippen LogP) is 1.46. The first-order valence-electron chi connectivity index (χ1n) is 6.13. The summed E-state index contributed by atoms with van der Waals surface area (Å²) in [6, 6.07) is 1.57. The van der Waals surface area contributed by atoms with Crippen molar-refractivity contribution in [3.63, 3.8) is 0 Å². The molecule has 0 radical (unpaired) electrons. The zero-order valence-electron chi connectivity index (χ0n) is 10.9. The molecule has 0 fully saturated rings. The minimum Gasteiger partial charge on any atom is -0.295 e. The number of hydrogen-bond acceptors (Lipinski definition) is 3. The van der Waals surface area contributed by atoms with Gasteiger partial charge in [0.05, 0.1) is 17.1 Å². The van der Waals surface area contributed by atoms with Crippen molar-refractivity contribution in [2.45, 2.75) is 32.7 Å². The standard InChI is InChI=1S/C13H17N3O2/c1-4-5-9(2)16-12(17)10-6-7-14-8-11(10)15(3)13(16)18/h6-9H,4-5H2,1-3H3. The van der Waals surface area contributed by atoms with E-state index in [1.165, 1.54) is 9.13 Å². The van der Waals surface area contributed by atoms with Gasteiger partial charge in [0, 0.05) is 19.3 Å². The van der Waals surface area contributed by atoms with E-state index in [2.05, 4.69) is 4.98 Å². The Kier molecular flexibility index (Phi) is 3.32. The average Bonchev–Trinajstić information content (AvgIpc) is 2.37. The molecule has 5 nitrogen and oxygen atoms in total. The smallest absolute Gasteiger partial charge is 0.295 e. The van der Waals surface area contributed by atoms with E-state index < -0.39 is 0 Å². The van der Waals surface area contributed by atoms with Gasteiger partial charge in [0.2, 0.25) is 0 Å². The molecule has 2 rings (SSSR count). The minimum atomic E-state index is -0.276. The lowest BCUT2D eigenvalue weighted by atomic mass is 10.2. The summed E-state index contributed by atoms with van der Waals surface area (Å²) in [5, 5.41) is 0.537. The third-order valence-corrected chi connectivity index (χ3v) is 3.25. The highest BCUT2D eigenvalue weighted by molar-refractivity contribution is 5.76. The monoisotopic (exact) mass is 247 g/mol. The first kappa shape index (κ1) is 12.5. The van der Waals surface area contributed by atoms with Gasteiger partial charge in [-0.25, -0.2) is 4.79 Å².